The molecule has 224 valence electrons. The van der Waals surface area contributed by atoms with Gasteiger partial charge in [-0.2, -0.15) is 18.3 Å². The van der Waals surface area contributed by atoms with Gasteiger partial charge in [0.15, 0.2) is 5.69 Å². The van der Waals surface area contributed by atoms with Crippen molar-refractivity contribution in [3.05, 3.63) is 65.5 Å². The number of likely N-dealkylation sites (tertiary alicyclic amines) is 1. The quantitative estimate of drug-likeness (QED) is 0.362. The number of nitrogens with two attached hydrogens (primary N) is 1. The number of hydrogen-bond acceptors (Lipinski definition) is 6. The number of ether oxygens (including phenoxy) is 2. The second kappa shape index (κ2) is 11.2. The average molecular weight is 586 g/mol. The SMILES string of the molecule is CC(C)(C)OC(=O)N1CCC(C2CCNc3c2nn(-c2ccc(Oc4cccc(C(F)(F)F)c4)cc2)c3C(N)=O)CC1. The lowest BCUT2D eigenvalue weighted by molar-refractivity contribution is -0.137. The van der Waals surface area contributed by atoms with E-state index < -0.39 is 23.2 Å². The van der Waals surface area contributed by atoms with Crippen molar-refractivity contribution in [1.82, 2.24) is 14.7 Å². The van der Waals surface area contributed by atoms with Crippen LogP contribution in [0.4, 0.5) is 23.7 Å². The molecule has 1 saturated heterocycles. The number of carbonyl (C=O) groups is 2. The smallest absolute Gasteiger partial charge is 0.416 e. The molecule has 2 aliphatic rings. The van der Waals surface area contributed by atoms with Gasteiger partial charge in [0.2, 0.25) is 0 Å². The van der Waals surface area contributed by atoms with E-state index >= 15 is 0 Å². The lowest BCUT2D eigenvalue weighted by Gasteiger charge is -2.37. The molecule has 1 fully saturated rings. The Balaban J connectivity index is 1.35. The van der Waals surface area contributed by atoms with E-state index in [1.165, 1.54) is 16.8 Å². The minimum absolute atomic E-state index is 0.0507. The number of rotatable bonds is 5. The predicted molar refractivity (Wildman–Crippen MR) is 150 cm³/mol. The molecule has 12 heteroatoms. The van der Waals surface area contributed by atoms with Crippen LogP contribution in [0.1, 0.15) is 67.7 Å². The van der Waals surface area contributed by atoms with Gasteiger partial charge in [-0.05, 0) is 88.4 Å². The van der Waals surface area contributed by atoms with Gasteiger partial charge in [0.1, 0.15) is 17.1 Å². The molecule has 0 saturated carbocycles. The Morgan fingerprint density at radius 1 is 1.00 bits per heavy atom. The van der Waals surface area contributed by atoms with Crippen molar-refractivity contribution in [3.63, 3.8) is 0 Å². The standard InChI is InChI=1S/C30H34F3N5O4/c1-29(2,3)42-28(40)37-15-12-18(13-16-37)23-11-14-35-25-24(23)36-38(26(25)27(34)39)20-7-9-21(10-8-20)41-22-6-4-5-19(17-22)30(31,32)33/h4-10,17-18,23,35H,11-16H2,1-3H3,(H2,34,39). The molecule has 9 nitrogen and oxygen atoms in total. The number of primary amides is 1. The molecule has 0 radical (unpaired) electrons. The van der Waals surface area contributed by atoms with Gasteiger partial charge in [0, 0.05) is 25.6 Å². The highest BCUT2D eigenvalue weighted by molar-refractivity contribution is 5.98. The molecule has 0 bridgehead atoms. The molecule has 0 spiro atoms. The number of aromatic nitrogens is 2. The van der Waals surface area contributed by atoms with Crippen LogP contribution < -0.4 is 15.8 Å². The van der Waals surface area contributed by atoms with E-state index in [1.807, 2.05) is 20.8 Å². The van der Waals surface area contributed by atoms with E-state index in [0.29, 0.717) is 36.8 Å². The van der Waals surface area contributed by atoms with Gasteiger partial charge in [-0.1, -0.05) is 6.07 Å². The zero-order valence-electron chi connectivity index (χ0n) is 23.7. The molecule has 3 aromatic rings. The van der Waals surface area contributed by atoms with Crippen LogP contribution in [0.15, 0.2) is 48.5 Å². The third-order valence-electron chi connectivity index (χ3n) is 7.49. The first-order chi connectivity index (χ1) is 19.8. The van der Waals surface area contributed by atoms with Crippen molar-refractivity contribution >= 4 is 17.7 Å². The van der Waals surface area contributed by atoms with Gasteiger partial charge in [-0.25, -0.2) is 9.48 Å². The van der Waals surface area contributed by atoms with Crippen LogP contribution in [-0.4, -0.2) is 51.9 Å². The molecule has 2 aliphatic heterocycles. The molecule has 3 heterocycles. The number of amides is 2. The molecular formula is C30H34F3N5O4. The first-order valence-corrected chi connectivity index (χ1v) is 13.9. The zero-order valence-corrected chi connectivity index (χ0v) is 23.7. The van der Waals surface area contributed by atoms with Crippen molar-refractivity contribution < 1.29 is 32.2 Å². The fraction of sp³-hybridized carbons (Fsp3) is 0.433. The molecule has 3 N–H and O–H groups in total. The van der Waals surface area contributed by atoms with Gasteiger partial charge < -0.3 is 25.4 Å². The largest absolute Gasteiger partial charge is 0.457 e. The Labute approximate surface area is 241 Å². The maximum atomic E-state index is 13.1. The summed E-state index contributed by atoms with van der Waals surface area (Å²) in [5.41, 5.74) is 6.60. The Hall–Kier alpha value is -4.22. The van der Waals surface area contributed by atoms with E-state index in [2.05, 4.69) is 5.32 Å². The van der Waals surface area contributed by atoms with Gasteiger partial charge >= 0.3 is 12.3 Å². The third kappa shape index (κ3) is 6.32. The normalized spacial score (nSPS) is 17.8. The summed E-state index contributed by atoms with van der Waals surface area (Å²) < 4.78 is 51.9. The summed E-state index contributed by atoms with van der Waals surface area (Å²) in [5, 5.41) is 8.14. The number of carbonyl (C=O) groups excluding carboxylic acids is 2. The topological polar surface area (TPSA) is 112 Å². The van der Waals surface area contributed by atoms with Gasteiger partial charge in [-0.15, -0.1) is 0 Å². The van der Waals surface area contributed by atoms with Gasteiger partial charge in [0.05, 0.1) is 22.6 Å². The molecule has 1 atom stereocenters. The summed E-state index contributed by atoms with van der Waals surface area (Å²) in [7, 11) is 0. The second-order valence-electron chi connectivity index (χ2n) is 11.6. The van der Waals surface area contributed by atoms with Crippen LogP contribution in [0.2, 0.25) is 0 Å². The van der Waals surface area contributed by atoms with E-state index in [1.54, 1.807) is 29.2 Å². The molecular weight excluding hydrogens is 551 g/mol. The van der Waals surface area contributed by atoms with E-state index in [4.69, 9.17) is 20.3 Å². The summed E-state index contributed by atoms with van der Waals surface area (Å²) in [6.07, 6.45) is -2.40. The number of nitrogens with zero attached hydrogens (tertiary/aromatic N) is 3. The number of piperidine rings is 1. The molecule has 1 aromatic heterocycles. The summed E-state index contributed by atoms with van der Waals surface area (Å²) in [6.45, 7) is 7.35. The van der Waals surface area contributed by atoms with E-state index in [9.17, 15) is 22.8 Å². The summed E-state index contributed by atoms with van der Waals surface area (Å²) in [6, 6.07) is 11.2. The number of fused-ring (bicyclic) bond motifs is 1. The number of anilines is 1. The van der Waals surface area contributed by atoms with Crippen molar-refractivity contribution in [2.45, 2.75) is 57.7 Å². The number of halogens is 3. The lowest BCUT2D eigenvalue weighted by atomic mass is 9.78. The first-order valence-electron chi connectivity index (χ1n) is 13.9. The van der Waals surface area contributed by atoms with Gasteiger partial charge in [-0.3, -0.25) is 4.79 Å². The average Bonchev–Trinajstić information content (AvgIpc) is 3.32. The highest BCUT2D eigenvalue weighted by Gasteiger charge is 2.37. The molecule has 42 heavy (non-hydrogen) atoms. The minimum atomic E-state index is -4.48. The summed E-state index contributed by atoms with van der Waals surface area (Å²) in [5.74, 6) is 0.0702. The van der Waals surface area contributed by atoms with Crippen LogP contribution in [0.25, 0.3) is 5.69 Å². The summed E-state index contributed by atoms with van der Waals surface area (Å²) in [4.78, 5) is 26.9. The molecule has 1 unspecified atom stereocenters. The Morgan fingerprint density at radius 3 is 2.31 bits per heavy atom. The molecule has 0 aliphatic carbocycles. The van der Waals surface area contributed by atoms with E-state index in [0.717, 1.165) is 37.1 Å². The zero-order chi connectivity index (χ0) is 30.2. The maximum absolute atomic E-state index is 13.1. The number of nitrogens with one attached hydrogen (secondary N) is 1. The van der Waals surface area contributed by atoms with Crippen molar-refractivity contribution in [2.75, 3.05) is 25.0 Å². The predicted octanol–water partition coefficient (Wildman–Crippen LogP) is 6.33. The third-order valence-corrected chi connectivity index (χ3v) is 7.49. The first kappa shape index (κ1) is 29.3. The highest BCUT2D eigenvalue weighted by Crippen LogP contribution is 2.42. The van der Waals surface area contributed by atoms with Gasteiger partial charge in [0.25, 0.3) is 5.91 Å². The fourth-order valence-electron chi connectivity index (χ4n) is 5.57. The van der Waals surface area contributed by atoms with Crippen LogP contribution in [-0.2, 0) is 10.9 Å². The minimum Gasteiger partial charge on any atom is -0.457 e. The Kier molecular flexibility index (Phi) is 7.82. The van der Waals surface area contributed by atoms with Crippen LogP contribution in [0.5, 0.6) is 11.5 Å². The highest BCUT2D eigenvalue weighted by atomic mass is 19.4. The monoisotopic (exact) mass is 585 g/mol. The second-order valence-corrected chi connectivity index (χ2v) is 11.6. The lowest BCUT2D eigenvalue weighted by Crippen LogP contribution is -2.43. The van der Waals surface area contributed by atoms with E-state index in [-0.39, 0.29) is 29.4 Å². The number of benzene rings is 2. The molecule has 5 rings (SSSR count). The van der Waals surface area contributed by atoms with Crippen molar-refractivity contribution in [1.29, 1.82) is 0 Å². The fourth-order valence-corrected chi connectivity index (χ4v) is 5.57. The van der Waals surface area contributed by atoms with Crippen LogP contribution >= 0.6 is 0 Å². The van der Waals surface area contributed by atoms with Crippen molar-refractivity contribution in [3.8, 4) is 17.2 Å². The Bertz CT molecular complexity index is 1460. The maximum Gasteiger partial charge on any atom is 0.416 e. The number of hydrogen-bond donors (Lipinski definition) is 2. The van der Waals surface area contributed by atoms with Crippen LogP contribution in [0.3, 0.4) is 0 Å². The van der Waals surface area contributed by atoms with Crippen LogP contribution in [0, 0.1) is 5.92 Å². The molecule has 2 amide bonds. The molecule has 2 aromatic carbocycles. The van der Waals surface area contributed by atoms with Crippen molar-refractivity contribution in [2.24, 2.45) is 11.7 Å². The summed E-state index contributed by atoms with van der Waals surface area (Å²) >= 11 is 0. The number of alkyl halides is 3. The Morgan fingerprint density at radius 2 is 1.69 bits per heavy atom.